The van der Waals surface area contributed by atoms with Gasteiger partial charge in [-0.1, -0.05) is 0 Å². The van der Waals surface area contributed by atoms with E-state index in [4.69, 9.17) is 4.74 Å². The van der Waals surface area contributed by atoms with Crippen LogP contribution >= 0.6 is 0 Å². The van der Waals surface area contributed by atoms with Gasteiger partial charge in [-0.2, -0.15) is 4.98 Å². The molecule has 4 rings (SSSR count). The first-order chi connectivity index (χ1) is 13.9. The van der Waals surface area contributed by atoms with E-state index in [9.17, 15) is 18.4 Å². The van der Waals surface area contributed by atoms with Crippen molar-refractivity contribution < 1.29 is 23.0 Å². The van der Waals surface area contributed by atoms with E-state index in [1.54, 1.807) is 12.1 Å². The Balaban J connectivity index is 1.89. The van der Waals surface area contributed by atoms with Crippen molar-refractivity contribution in [2.75, 3.05) is 14.2 Å². The minimum Gasteiger partial charge on any atom is -0.481 e. The molecule has 0 aliphatic carbocycles. The van der Waals surface area contributed by atoms with Gasteiger partial charge in [0, 0.05) is 17.0 Å². The normalized spacial score (nSPS) is 11.2. The molecule has 4 aromatic rings. The predicted octanol–water partition coefficient (Wildman–Crippen LogP) is 2.39. The molecule has 0 radical (unpaired) electrons. The van der Waals surface area contributed by atoms with Crippen LogP contribution in [-0.2, 0) is 11.3 Å². The van der Waals surface area contributed by atoms with E-state index in [1.165, 1.54) is 17.9 Å². The largest absolute Gasteiger partial charge is 0.481 e. The van der Waals surface area contributed by atoms with E-state index in [-0.39, 0.29) is 11.1 Å². The lowest BCUT2D eigenvalue weighted by Gasteiger charge is -2.10. The monoisotopic (exact) mass is 400 g/mol. The lowest BCUT2D eigenvalue weighted by Crippen LogP contribution is -2.19. The summed E-state index contributed by atoms with van der Waals surface area (Å²) in [6.07, 6.45) is 1.41. The summed E-state index contributed by atoms with van der Waals surface area (Å²) in [6, 6.07) is 5.00. The second-order valence-corrected chi connectivity index (χ2v) is 6.17. The van der Waals surface area contributed by atoms with Gasteiger partial charge < -0.3 is 14.5 Å². The molecule has 0 amide bonds. The van der Waals surface area contributed by atoms with Gasteiger partial charge in [-0.05, 0) is 18.2 Å². The van der Waals surface area contributed by atoms with Crippen LogP contribution in [0.1, 0.15) is 15.9 Å². The van der Waals surface area contributed by atoms with Gasteiger partial charge >= 0.3 is 11.7 Å². The molecule has 10 heteroatoms. The highest BCUT2D eigenvalue weighted by Crippen LogP contribution is 2.24. The highest BCUT2D eigenvalue weighted by Gasteiger charge is 2.19. The maximum atomic E-state index is 14.5. The van der Waals surface area contributed by atoms with Crippen LogP contribution in [0.5, 0.6) is 5.88 Å². The summed E-state index contributed by atoms with van der Waals surface area (Å²) in [5, 5.41) is 0.508. The Morgan fingerprint density at radius 1 is 1.21 bits per heavy atom. The van der Waals surface area contributed by atoms with Crippen LogP contribution in [0.2, 0.25) is 0 Å². The smallest absolute Gasteiger partial charge is 0.338 e. The standard InChI is InChI=1S/C19H14F2N4O4/c1-28-15-4-3-10-16-14(7-22-17(10)24-15)23-19(27)25(16)8-11-12(20)5-9(6-13(11)21)18(26)29-2/h3-7H,8H2,1-2H3,(H,23,27). The van der Waals surface area contributed by atoms with E-state index < -0.39 is 29.8 Å². The highest BCUT2D eigenvalue weighted by molar-refractivity contribution is 6.00. The summed E-state index contributed by atoms with van der Waals surface area (Å²) >= 11 is 0. The zero-order valence-corrected chi connectivity index (χ0v) is 15.3. The molecule has 0 saturated carbocycles. The maximum Gasteiger partial charge on any atom is 0.338 e. The Labute approximate surface area is 161 Å². The van der Waals surface area contributed by atoms with Crippen molar-refractivity contribution in [3.05, 3.63) is 63.7 Å². The minimum atomic E-state index is -0.968. The van der Waals surface area contributed by atoms with Crippen molar-refractivity contribution in [2.24, 2.45) is 0 Å². The topological polar surface area (TPSA) is 99.1 Å². The Hall–Kier alpha value is -3.82. The molecule has 1 aromatic carbocycles. The number of imidazole rings is 1. The summed E-state index contributed by atoms with van der Waals surface area (Å²) < 4.78 is 39.8. The lowest BCUT2D eigenvalue weighted by molar-refractivity contribution is 0.0599. The van der Waals surface area contributed by atoms with Crippen molar-refractivity contribution in [1.82, 2.24) is 19.5 Å². The van der Waals surface area contributed by atoms with E-state index in [1.807, 2.05) is 0 Å². The Morgan fingerprint density at radius 3 is 2.59 bits per heavy atom. The van der Waals surface area contributed by atoms with Crippen molar-refractivity contribution in [3.8, 4) is 5.88 Å². The lowest BCUT2D eigenvalue weighted by atomic mass is 10.1. The number of nitrogens with one attached hydrogen (secondary N) is 1. The SMILES string of the molecule is COC(=O)c1cc(F)c(Cn2c(=O)[nH]c3cnc4nc(OC)ccc4c32)c(F)c1. The number of hydrogen-bond acceptors (Lipinski definition) is 6. The Morgan fingerprint density at radius 2 is 1.93 bits per heavy atom. The van der Waals surface area contributed by atoms with Gasteiger partial charge in [0.2, 0.25) is 5.88 Å². The van der Waals surface area contributed by atoms with E-state index >= 15 is 0 Å². The van der Waals surface area contributed by atoms with Crippen LogP contribution < -0.4 is 10.4 Å². The molecule has 0 unspecified atom stereocenters. The summed E-state index contributed by atoms with van der Waals surface area (Å²) in [7, 11) is 2.57. The third-order valence-corrected chi connectivity index (χ3v) is 4.52. The average molecular weight is 400 g/mol. The molecule has 0 bridgehead atoms. The fourth-order valence-corrected chi connectivity index (χ4v) is 3.13. The van der Waals surface area contributed by atoms with E-state index in [2.05, 4.69) is 19.7 Å². The molecule has 0 aliphatic heterocycles. The summed E-state index contributed by atoms with van der Waals surface area (Å²) in [4.78, 5) is 35.0. The van der Waals surface area contributed by atoms with Crippen LogP contribution in [0, 0.1) is 11.6 Å². The van der Waals surface area contributed by atoms with Crippen LogP contribution in [0.3, 0.4) is 0 Å². The number of benzene rings is 1. The van der Waals surface area contributed by atoms with Crippen molar-refractivity contribution in [1.29, 1.82) is 0 Å². The van der Waals surface area contributed by atoms with Crippen molar-refractivity contribution in [3.63, 3.8) is 0 Å². The molecular formula is C19H14F2N4O4. The van der Waals surface area contributed by atoms with Crippen LogP contribution in [0.15, 0.2) is 35.3 Å². The third kappa shape index (κ3) is 3.08. The number of hydrogen-bond donors (Lipinski definition) is 1. The summed E-state index contributed by atoms with van der Waals surface area (Å²) in [5.74, 6) is -2.46. The highest BCUT2D eigenvalue weighted by atomic mass is 19.1. The van der Waals surface area contributed by atoms with Gasteiger partial charge in [-0.15, -0.1) is 0 Å². The molecule has 3 aromatic heterocycles. The van der Waals surface area contributed by atoms with Crippen LogP contribution in [0.25, 0.3) is 22.1 Å². The van der Waals surface area contributed by atoms with Crippen molar-refractivity contribution >= 4 is 28.0 Å². The first kappa shape index (κ1) is 18.5. The molecule has 3 heterocycles. The van der Waals surface area contributed by atoms with Gasteiger partial charge in [0.05, 0.1) is 43.6 Å². The van der Waals surface area contributed by atoms with Crippen LogP contribution in [0.4, 0.5) is 8.78 Å². The number of H-pyrrole nitrogens is 1. The first-order valence-corrected chi connectivity index (χ1v) is 8.41. The zero-order valence-electron chi connectivity index (χ0n) is 15.3. The molecule has 29 heavy (non-hydrogen) atoms. The van der Waals surface area contributed by atoms with E-state index in [0.29, 0.717) is 27.9 Å². The molecular weight excluding hydrogens is 386 g/mol. The molecule has 0 fully saturated rings. The minimum absolute atomic E-state index is 0.261. The van der Waals surface area contributed by atoms with Gasteiger partial charge in [-0.25, -0.2) is 23.4 Å². The number of esters is 1. The van der Waals surface area contributed by atoms with Crippen LogP contribution in [-0.4, -0.2) is 39.7 Å². The molecule has 8 nitrogen and oxygen atoms in total. The molecule has 0 aliphatic rings. The van der Waals surface area contributed by atoms with E-state index in [0.717, 1.165) is 19.2 Å². The third-order valence-electron chi connectivity index (χ3n) is 4.52. The Kier molecular flexibility index (Phi) is 4.45. The van der Waals surface area contributed by atoms with Gasteiger partial charge in [0.1, 0.15) is 11.6 Å². The molecule has 0 saturated heterocycles. The fourth-order valence-electron chi connectivity index (χ4n) is 3.13. The number of fused-ring (bicyclic) bond motifs is 3. The molecule has 148 valence electrons. The molecule has 0 atom stereocenters. The number of halogens is 2. The quantitative estimate of drug-likeness (QED) is 0.528. The van der Waals surface area contributed by atoms with Gasteiger partial charge in [0.15, 0.2) is 5.65 Å². The molecule has 1 N–H and O–H groups in total. The predicted molar refractivity (Wildman–Crippen MR) is 99.0 cm³/mol. The number of aromatic nitrogens is 4. The number of carbonyl (C=O) groups is 1. The number of rotatable bonds is 4. The van der Waals surface area contributed by atoms with Crippen molar-refractivity contribution in [2.45, 2.75) is 6.54 Å². The zero-order chi connectivity index (χ0) is 20.7. The number of nitrogens with zero attached hydrogens (tertiary/aromatic N) is 3. The number of pyridine rings is 2. The number of methoxy groups -OCH3 is 2. The Bertz CT molecular complexity index is 1310. The second kappa shape index (κ2) is 6.97. The number of carbonyl (C=O) groups excluding carboxylic acids is 1. The number of ether oxygens (including phenoxy) is 2. The number of aromatic amines is 1. The first-order valence-electron chi connectivity index (χ1n) is 8.41. The molecule has 0 spiro atoms. The van der Waals surface area contributed by atoms with Gasteiger partial charge in [-0.3, -0.25) is 4.57 Å². The second-order valence-electron chi connectivity index (χ2n) is 6.17. The average Bonchev–Trinajstić information content (AvgIpc) is 3.04. The van der Waals surface area contributed by atoms with Gasteiger partial charge in [0.25, 0.3) is 0 Å². The fraction of sp³-hybridized carbons (Fsp3) is 0.158. The summed E-state index contributed by atoms with van der Waals surface area (Å²) in [5.41, 5.74) is -0.101. The summed E-state index contributed by atoms with van der Waals surface area (Å²) in [6.45, 7) is -0.400. The maximum absolute atomic E-state index is 14.5.